The third-order valence-electron chi connectivity index (χ3n) is 5.89. The van der Waals surface area contributed by atoms with Crippen LogP contribution in [0.5, 0.6) is 0 Å². The molecule has 0 fully saturated rings. The van der Waals surface area contributed by atoms with Crippen molar-refractivity contribution in [3.63, 3.8) is 0 Å². The molecule has 0 N–H and O–H groups in total. The Balaban J connectivity index is 1.67. The molecule has 0 unspecified atom stereocenters. The van der Waals surface area contributed by atoms with Crippen LogP contribution in [-0.4, -0.2) is 11.4 Å². The summed E-state index contributed by atoms with van der Waals surface area (Å²) in [5, 5.41) is 1.20. The summed E-state index contributed by atoms with van der Waals surface area (Å²) < 4.78 is 10.6. The first-order valence-electron chi connectivity index (χ1n) is 9.68. The highest BCUT2D eigenvalue weighted by molar-refractivity contribution is 6.79. The van der Waals surface area contributed by atoms with E-state index in [1.54, 1.807) is 0 Å². The van der Waals surface area contributed by atoms with Crippen molar-refractivity contribution in [3.05, 3.63) is 78.1 Å². The van der Waals surface area contributed by atoms with Crippen molar-refractivity contribution in [2.75, 3.05) is 4.81 Å². The van der Waals surface area contributed by atoms with Crippen LogP contribution in [0.3, 0.4) is 0 Å². The molecule has 4 aromatic rings. The number of para-hydroxylation sites is 2. The fourth-order valence-electron chi connectivity index (χ4n) is 4.39. The zero-order valence-electron chi connectivity index (χ0n) is 16.7. The van der Waals surface area contributed by atoms with E-state index in [0.29, 0.717) is 0 Å². The standard InChI is InChI=1S/C23H23BN3O/c1-16-14-21-23(19-12-8-9-13-20(19)28-21)24(3)27(16)22-15-26(17(2)25(22)4)18-10-6-5-7-11-18/h5-15H,1-4H3/q+1. The quantitative estimate of drug-likeness (QED) is 0.394. The lowest BCUT2D eigenvalue weighted by molar-refractivity contribution is -0.664. The van der Waals surface area contributed by atoms with Crippen molar-refractivity contribution in [2.24, 2.45) is 7.05 Å². The number of rotatable bonds is 2. The van der Waals surface area contributed by atoms with Crippen LogP contribution in [0.25, 0.3) is 22.7 Å². The molecule has 2 aromatic heterocycles. The van der Waals surface area contributed by atoms with Gasteiger partial charge in [0.15, 0.2) is 0 Å². The van der Waals surface area contributed by atoms with E-state index in [9.17, 15) is 0 Å². The number of hydrogen-bond donors (Lipinski definition) is 0. The molecule has 0 spiro atoms. The summed E-state index contributed by atoms with van der Waals surface area (Å²) in [6.07, 6.45) is 4.39. The molecule has 3 heterocycles. The van der Waals surface area contributed by atoms with Crippen LogP contribution in [-0.2, 0) is 7.05 Å². The lowest BCUT2D eigenvalue weighted by Gasteiger charge is -2.27. The molecular formula is C23H23BN3O+. The third-order valence-corrected chi connectivity index (χ3v) is 5.89. The number of furan rings is 1. The molecule has 4 nitrogen and oxygen atoms in total. The topological polar surface area (TPSA) is 25.2 Å². The van der Waals surface area contributed by atoms with E-state index < -0.39 is 0 Å². The predicted octanol–water partition coefficient (Wildman–Crippen LogP) is 4.07. The molecule has 0 radical (unpaired) electrons. The van der Waals surface area contributed by atoms with E-state index in [0.717, 1.165) is 11.3 Å². The molecule has 1 aliphatic heterocycles. The second-order valence-electron chi connectivity index (χ2n) is 7.51. The van der Waals surface area contributed by atoms with Gasteiger partial charge in [0.05, 0.1) is 12.7 Å². The molecule has 0 amide bonds. The maximum absolute atomic E-state index is 6.13. The molecule has 5 rings (SSSR count). The van der Waals surface area contributed by atoms with E-state index in [1.165, 1.54) is 33.9 Å². The molecule has 0 saturated carbocycles. The van der Waals surface area contributed by atoms with Gasteiger partial charge in [-0.05, 0) is 31.9 Å². The van der Waals surface area contributed by atoms with Crippen LogP contribution in [0.1, 0.15) is 18.5 Å². The maximum Gasteiger partial charge on any atom is 0.374 e. The molecule has 0 bridgehead atoms. The van der Waals surface area contributed by atoms with Crippen LogP contribution in [0.2, 0.25) is 6.82 Å². The van der Waals surface area contributed by atoms with Crippen LogP contribution >= 0.6 is 0 Å². The Labute approximate surface area is 165 Å². The molecule has 0 atom stereocenters. The fourth-order valence-corrected chi connectivity index (χ4v) is 4.39. The van der Waals surface area contributed by atoms with Crippen molar-refractivity contribution in [1.82, 2.24) is 4.57 Å². The van der Waals surface area contributed by atoms with Crippen molar-refractivity contribution in [3.8, 4) is 5.69 Å². The van der Waals surface area contributed by atoms with Crippen molar-refractivity contribution < 1.29 is 8.98 Å². The Morgan fingerprint density at radius 3 is 2.46 bits per heavy atom. The van der Waals surface area contributed by atoms with E-state index in [4.69, 9.17) is 4.42 Å². The van der Waals surface area contributed by atoms with Crippen molar-refractivity contribution in [2.45, 2.75) is 20.7 Å². The van der Waals surface area contributed by atoms with Crippen LogP contribution < -0.4 is 14.8 Å². The minimum absolute atomic E-state index is 0.181. The summed E-state index contributed by atoms with van der Waals surface area (Å²) in [7, 11) is 2.13. The first kappa shape index (κ1) is 16.9. The van der Waals surface area contributed by atoms with E-state index in [2.05, 4.69) is 90.3 Å². The minimum atomic E-state index is 0.181. The minimum Gasteiger partial charge on any atom is -0.457 e. The van der Waals surface area contributed by atoms with Gasteiger partial charge in [0.1, 0.15) is 23.2 Å². The summed E-state index contributed by atoms with van der Waals surface area (Å²) >= 11 is 0. The fraction of sp³-hybridized carbons (Fsp3) is 0.174. The number of hydrogen-bond acceptors (Lipinski definition) is 2. The van der Waals surface area contributed by atoms with Gasteiger partial charge in [0.25, 0.3) is 0 Å². The number of anilines is 1. The van der Waals surface area contributed by atoms with Gasteiger partial charge in [-0.25, -0.2) is 9.13 Å². The molecule has 138 valence electrons. The average Bonchev–Trinajstić information content (AvgIpc) is 3.21. The SMILES string of the molecule is CB1c2c(oc3ccccc23)C=C(C)N1c1cn(-c2ccccc2)c(C)[n+]1C. The van der Waals surface area contributed by atoms with Gasteiger partial charge in [-0.3, -0.25) is 0 Å². The highest BCUT2D eigenvalue weighted by Crippen LogP contribution is 2.29. The summed E-state index contributed by atoms with van der Waals surface area (Å²) in [5.74, 6) is 3.33. The van der Waals surface area contributed by atoms with E-state index in [1.807, 2.05) is 18.2 Å². The average molecular weight is 368 g/mol. The number of nitrogens with zero attached hydrogens (tertiary/aromatic N) is 3. The van der Waals surface area contributed by atoms with Gasteiger partial charge < -0.3 is 9.23 Å². The zero-order valence-corrected chi connectivity index (χ0v) is 16.7. The van der Waals surface area contributed by atoms with Gasteiger partial charge >= 0.3 is 6.85 Å². The Kier molecular flexibility index (Phi) is 3.73. The summed E-state index contributed by atoms with van der Waals surface area (Å²) in [6, 6.07) is 18.8. The first-order chi connectivity index (χ1) is 13.6. The molecule has 2 aromatic carbocycles. The van der Waals surface area contributed by atoms with Gasteiger partial charge in [-0.15, -0.1) is 0 Å². The molecular weight excluding hydrogens is 345 g/mol. The Hall–Kier alpha value is -3.21. The maximum atomic E-state index is 6.13. The van der Waals surface area contributed by atoms with E-state index in [-0.39, 0.29) is 6.85 Å². The number of aromatic nitrogens is 2. The number of fused-ring (bicyclic) bond motifs is 3. The smallest absolute Gasteiger partial charge is 0.374 e. The summed E-state index contributed by atoms with van der Waals surface area (Å²) in [4.78, 5) is 2.40. The largest absolute Gasteiger partial charge is 0.457 e. The second-order valence-corrected chi connectivity index (χ2v) is 7.51. The van der Waals surface area contributed by atoms with Gasteiger partial charge in [0, 0.05) is 23.8 Å². The highest BCUT2D eigenvalue weighted by atomic mass is 16.3. The molecule has 0 saturated heterocycles. The zero-order chi connectivity index (χ0) is 19.4. The van der Waals surface area contributed by atoms with Crippen molar-refractivity contribution >= 4 is 35.2 Å². The first-order valence-corrected chi connectivity index (χ1v) is 9.68. The Morgan fingerprint density at radius 1 is 0.964 bits per heavy atom. The van der Waals surface area contributed by atoms with Crippen LogP contribution in [0.15, 0.2) is 70.9 Å². The second kappa shape index (κ2) is 6.16. The monoisotopic (exact) mass is 368 g/mol. The lowest BCUT2D eigenvalue weighted by Crippen LogP contribution is -2.52. The number of allylic oxidation sites excluding steroid dienone is 1. The number of benzene rings is 2. The van der Waals surface area contributed by atoms with Crippen LogP contribution in [0, 0.1) is 6.92 Å². The summed E-state index contributed by atoms with van der Waals surface area (Å²) in [5.41, 5.74) is 4.56. The van der Waals surface area contributed by atoms with Gasteiger partial charge in [-0.1, -0.05) is 36.4 Å². The highest BCUT2D eigenvalue weighted by Gasteiger charge is 2.39. The lowest BCUT2D eigenvalue weighted by atomic mass is 9.54. The van der Waals surface area contributed by atoms with Gasteiger partial charge in [-0.2, -0.15) is 0 Å². The Morgan fingerprint density at radius 2 is 1.68 bits per heavy atom. The third kappa shape index (κ3) is 2.36. The number of imidazole rings is 1. The normalized spacial score (nSPS) is 13.8. The Bertz CT molecular complexity index is 1220. The molecule has 5 heteroatoms. The van der Waals surface area contributed by atoms with E-state index >= 15 is 0 Å². The molecule has 28 heavy (non-hydrogen) atoms. The molecule has 0 aliphatic carbocycles. The predicted molar refractivity (Wildman–Crippen MR) is 115 cm³/mol. The molecule has 1 aliphatic rings. The van der Waals surface area contributed by atoms with Crippen LogP contribution in [0.4, 0.5) is 5.82 Å². The van der Waals surface area contributed by atoms with Crippen molar-refractivity contribution in [1.29, 1.82) is 0 Å². The van der Waals surface area contributed by atoms with Gasteiger partial charge in [0.2, 0.25) is 11.6 Å². The summed E-state index contributed by atoms with van der Waals surface area (Å²) in [6.45, 7) is 6.75.